The van der Waals surface area contributed by atoms with Crippen LogP contribution in [0.2, 0.25) is 0 Å². The number of pyridine rings is 1. The zero-order valence-electron chi connectivity index (χ0n) is 15.1. The zero-order chi connectivity index (χ0) is 18.3. The van der Waals surface area contributed by atoms with Crippen molar-refractivity contribution < 1.29 is 0 Å². The highest BCUT2D eigenvalue weighted by Gasteiger charge is 2.15. The van der Waals surface area contributed by atoms with Crippen molar-refractivity contribution in [1.29, 1.82) is 0 Å². The molecule has 2 aromatic heterocycles. The standard InChI is InChI=1S/C24H21N3/c1-3-7-19(8-4-1)22(20-9-5-2-6-10-20)11-12-24-26-18-15-23(27-24)21-13-16-25-17-14-21/h1-10,13-18,22H,11-12H2. The topological polar surface area (TPSA) is 38.7 Å². The normalized spacial score (nSPS) is 10.9. The van der Waals surface area contributed by atoms with E-state index in [9.17, 15) is 0 Å². The van der Waals surface area contributed by atoms with Gasteiger partial charge in [0.2, 0.25) is 0 Å². The highest BCUT2D eigenvalue weighted by molar-refractivity contribution is 5.57. The largest absolute Gasteiger partial charge is 0.265 e. The van der Waals surface area contributed by atoms with Gasteiger partial charge in [-0.3, -0.25) is 4.98 Å². The smallest absolute Gasteiger partial charge is 0.128 e. The van der Waals surface area contributed by atoms with Crippen LogP contribution in [0.1, 0.15) is 29.3 Å². The Kier molecular flexibility index (Phi) is 5.30. The minimum atomic E-state index is 0.334. The third kappa shape index (κ3) is 4.26. The van der Waals surface area contributed by atoms with Gasteiger partial charge in [-0.2, -0.15) is 0 Å². The molecule has 27 heavy (non-hydrogen) atoms. The molecule has 0 fully saturated rings. The maximum atomic E-state index is 4.76. The van der Waals surface area contributed by atoms with Crippen LogP contribution in [0.4, 0.5) is 0 Å². The first-order chi connectivity index (χ1) is 13.4. The summed E-state index contributed by atoms with van der Waals surface area (Å²) in [5.74, 6) is 1.21. The van der Waals surface area contributed by atoms with Gasteiger partial charge >= 0.3 is 0 Å². The third-order valence-electron chi connectivity index (χ3n) is 4.74. The van der Waals surface area contributed by atoms with Crippen molar-refractivity contribution in [1.82, 2.24) is 15.0 Å². The molecule has 0 bridgehead atoms. The molecule has 132 valence electrons. The fourth-order valence-electron chi connectivity index (χ4n) is 3.37. The molecule has 0 spiro atoms. The van der Waals surface area contributed by atoms with E-state index in [1.807, 2.05) is 24.4 Å². The van der Waals surface area contributed by atoms with Gasteiger partial charge in [-0.05, 0) is 35.7 Å². The zero-order valence-corrected chi connectivity index (χ0v) is 15.1. The van der Waals surface area contributed by atoms with Crippen molar-refractivity contribution in [3.63, 3.8) is 0 Å². The molecular weight excluding hydrogens is 330 g/mol. The molecule has 0 aliphatic heterocycles. The Hall–Kier alpha value is -3.33. The van der Waals surface area contributed by atoms with Crippen LogP contribution < -0.4 is 0 Å². The van der Waals surface area contributed by atoms with Crippen LogP contribution in [0, 0.1) is 0 Å². The van der Waals surface area contributed by atoms with Crippen molar-refractivity contribution in [2.45, 2.75) is 18.8 Å². The van der Waals surface area contributed by atoms with Crippen LogP contribution in [-0.2, 0) is 6.42 Å². The molecule has 0 aliphatic carbocycles. The maximum absolute atomic E-state index is 4.76. The summed E-state index contributed by atoms with van der Waals surface area (Å²) in [5, 5.41) is 0. The van der Waals surface area contributed by atoms with Crippen molar-refractivity contribution in [2.75, 3.05) is 0 Å². The molecule has 3 heteroatoms. The van der Waals surface area contributed by atoms with Gasteiger partial charge in [0.05, 0.1) is 5.69 Å². The van der Waals surface area contributed by atoms with Crippen molar-refractivity contribution in [2.24, 2.45) is 0 Å². The predicted octanol–water partition coefficient (Wildman–Crippen LogP) is 5.30. The van der Waals surface area contributed by atoms with E-state index in [4.69, 9.17) is 4.98 Å². The Morgan fingerprint density at radius 2 is 1.30 bits per heavy atom. The van der Waals surface area contributed by atoms with E-state index < -0.39 is 0 Å². The lowest BCUT2D eigenvalue weighted by molar-refractivity contribution is 0.690. The van der Waals surface area contributed by atoms with Gasteiger partial charge in [0.25, 0.3) is 0 Å². The molecule has 0 radical (unpaired) electrons. The van der Waals surface area contributed by atoms with E-state index in [2.05, 4.69) is 70.6 Å². The summed E-state index contributed by atoms with van der Waals surface area (Å²) in [7, 11) is 0. The summed E-state index contributed by atoms with van der Waals surface area (Å²) >= 11 is 0. The molecule has 0 aliphatic rings. The third-order valence-corrected chi connectivity index (χ3v) is 4.74. The minimum absolute atomic E-state index is 0.334. The van der Waals surface area contributed by atoms with Crippen LogP contribution in [0.3, 0.4) is 0 Å². The van der Waals surface area contributed by atoms with Gasteiger partial charge in [-0.15, -0.1) is 0 Å². The number of benzene rings is 2. The highest BCUT2D eigenvalue weighted by atomic mass is 14.9. The van der Waals surface area contributed by atoms with Crippen LogP contribution in [0.15, 0.2) is 97.5 Å². The first-order valence-corrected chi connectivity index (χ1v) is 9.22. The molecule has 3 nitrogen and oxygen atoms in total. The van der Waals surface area contributed by atoms with E-state index in [0.717, 1.165) is 29.9 Å². The second-order valence-corrected chi connectivity index (χ2v) is 6.51. The SMILES string of the molecule is c1ccc(C(CCc2nccc(-c3ccncc3)n2)c2ccccc2)cc1. The van der Waals surface area contributed by atoms with Crippen molar-refractivity contribution in [3.05, 3.63) is 114 Å². The van der Waals surface area contributed by atoms with Crippen LogP contribution in [0.25, 0.3) is 11.3 Å². The number of nitrogens with zero attached hydrogens (tertiary/aromatic N) is 3. The fraction of sp³-hybridized carbons (Fsp3) is 0.125. The Morgan fingerprint density at radius 1 is 0.667 bits per heavy atom. The molecule has 0 N–H and O–H groups in total. The van der Waals surface area contributed by atoms with Crippen molar-refractivity contribution >= 4 is 0 Å². The molecule has 2 aromatic carbocycles. The summed E-state index contributed by atoms with van der Waals surface area (Å²) in [6.45, 7) is 0. The second kappa shape index (κ2) is 8.37. The molecule has 4 aromatic rings. The van der Waals surface area contributed by atoms with Gasteiger partial charge in [-0.25, -0.2) is 9.97 Å². The number of rotatable bonds is 6. The lowest BCUT2D eigenvalue weighted by Gasteiger charge is -2.18. The molecule has 0 saturated heterocycles. The van der Waals surface area contributed by atoms with E-state index in [-0.39, 0.29) is 0 Å². The van der Waals surface area contributed by atoms with Crippen LogP contribution in [0.5, 0.6) is 0 Å². The molecule has 4 rings (SSSR count). The lowest BCUT2D eigenvalue weighted by atomic mass is 9.87. The average Bonchev–Trinajstić information content (AvgIpc) is 2.76. The van der Waals surface area contributed by atoms with Gasteiger partial charge in [0.1, 0.15) is 5.82 Å². The number of aryl methyl sites for hydroxylation is 1. The molecule has 0 unspecified atom stereocenters. The molecule has 0 amide bonds. The van der Waals surface area contributed by atoms with E-state index >= 15 is 0 Å². The average molecular weight is 351 g/mol. The number of hydrogen-bond donors (Lipinski definition) is 0. The monoisotopic (exact) mass is 351 g/mol. The quantitative estimate of drug-likeness (QED) is 0.473. The molecule has 0 saturated carbocycles. The second-order valence-electron chi connectivity index (χ2n) is 6.51. The molecular formula is C24H21N3. The molecule has 2 heterocycles. The Labute approximate surface area is 159 Å². The fourth-order valence-corrected chi connectivity index (χ4v) is 3.37. The Morgan fingerprint density at radius 3 is 1.93 bits per heavy atom. The van der Waals surface area contributed by atoms with Gasteiger partial charge in [0.15, 0.2) is 0 Å². The van der Waals surface area contributed by atoms with E-state index in [1.165, 1.54) is 11.1 Å². The van der Waals surface area contributed by atoms with E-state index in [0.29, 0.717) is 5.92 Å². The summed E-state index contributed by atoms with van der Waals surface area (Å²) < 4.78 is 0. The van der Waals surface area contributed by atoms with Crippen LogP contribution in [-0.4, -0.2) is 15.0 Å². The predicted molar refractivity (Wildman–Crippen MR) is 108 cm³/mol. The summed E-state index contributed by atoms with van der Waals surface area (Å²) in [5.41, 5.74) is 4.66. The first-order valence-electron chi connectivity index (χ1n) is 9.22. The highest BCUT2D eigenvalue weighted by Crippen LogP contribution is 2.29. The summed E-state index contributed by atoms with van der Waals surface area (Å²) in [6.07, 6.45) is 7.22. The first kappa shape index (κ1) is 17.1. The molecule has 0 atom stereocenters. The van der Waals surface area contributed by atoms with Crippen molar-refractivity contribution in [3.8, 4) is 11.3 Å². The number of aromatic nitrogens is 3. The van der Waals surface area contributed by atoms with Gasteiger partial charge < -0.3 is 0 Å². The Bertz CT molecular complexity index is 930. The van der Waals surface area contributed by atoms with Gasteiger partial charge in [-0.1, -0.05) is 60.7 Å². The van der Waals surface area contributed by atoms with Gasteiger partial charge in [0, 0.05) is 36.5 Å². The Balaban J connectivity index is 1.57. The summed E-state index contributed by atoms with van der Waals surface area (Å²) in [6, 6.07) is 27.2. The minimum Gasteiger partial charge on any atom is -0.265 e. The van der Waals surface area contributed by atoms with E-state index in [1.54, 1.807) is 12.4 Å². The number of hydrogen-bond acceptors (Lipinski definition) is 3. The maximum Gasteiger partial charge on any atom is 0.128 e. The lowest BCUT2D eigenvalue weighted by Crippen LogP contribution is -2.05. The van der Waals surface area contributed by atoms with Crippen LogP contribution >= 0.6 is 0 Å². The summed E-state index contributed by atoms with van der Waals surface area (Å²) in [4.78, 5) is 13.3.